The highest BCUT2D eigenvalue weighted by Crippen LogP contribution is 2.12. The van der Waals surface area contributed by atoms with E-state index in [-0.39, 0.29) is 6.42 Å². The summed E-state index contributed by atoms with van der Waals surface area (Å²) in [5.74, 6) is -4.12. The van der Waals surface area contributed by atoms with Crippen LogP contribution in [0.25, 0.3) is 0 Å². The maximum Gasteiger partial charge on any atom is 0.326 e. The molecule has 3 N–H and O–H groups in total. The molecule has 0 fully saturated rings. The minimum atomic E-state index is -1.42. The number of carboxylic acids is 2. The molecule has 1 heterocycles. The highest BCUT2D eigenvalue weighted by Gasteiger charge is 2.24. The quantitative estimate of drug-likeness (QED) is 0.666. The Morgan fingerprint density at radius 2 is 1.96 bits per heavy atom. The van der Waals surface area contributed by atoms with Crippen LogP contribution in [0.15, 0.2) is 12.3 Å². The zero-order chi connectivity index (χ0) is 17.6. The van der Waals surface area contributed by atoms with Crippen molar-refractivity contribution in [1.82, 2.24) is 10.3 Å². The van der Waals surface area contributed by atoms with E-state index < -0.39 is 41.8 Å². The van der Waals surface area contributed by atoms with E-state index in [4.69, 9.17) is 10.2 Å². The summed E-state index contributed by atoms with van der Waals surface area (Å²) in [6.07, 6.45) is 1.23. The lowest BCUT2D eigenvalue weighted by atomic mass is 10.0. The number of rotatable bonds is 8. The fourth-order valence-corrected chi connectivity index (χ4v) is 1.98. The van der Waals surface area contributed by atoms with E-state index in [1.165, 1.54) is 12.3 Å². The van der Waals surface area contributed by atoms with Gasteiger partial charge in [-0.15, -0.1) is 0 Å². The van der Waals surface area contributed by atoms with Crippen molar-refractivity contribution in [3.05, 3.63) is 29.3 Å². The molecule has 0 radical (unpaired) electrons. The Kier molecular flexibility index (Phi) is 6.62. The predicted molar refractivity (Wildman–Crippen MR) is 78.5 cm³/mol. The van der Waals surface area contributed by atoms with Gasteiger partial charge in [0, 0.05) is 12.6 Å². The summed E-state index contributed by atoms with van der Waals surface area (Å²) in [7, 11) is 0. The highest BCUT2D eigenvalue weighted by atomic mass is 19.1. The molecular formula is C15H19FN2O5. The Labute approximate surface area is 132 Å². The van der Waals surface area contributed by atoms with Gasteiger partial charge in [0.2, 0.25) is 0 Å². The molecule has 0 saturated carbocycles. The number of hydrogen-bond acceptors (Lipinski definition) is 4. The minimum absolute atomic E-state index is 0.295. The Bertz CT molecular complexity index is 604. The fraction of sp³-hybridized carbons (Fsp3) is 0.467. The first kappa shape index (κ1) is 18.5. The first-order valence-corrected chi connectivity index (χ1v) is 7.10. The van der Waals surface area contributed by atoms with Gasteiger partial charge in [-0.3, -0.25) is 9.59 Å². The third-order valence-electron chi connectivity index (χ3n) is 3.01. The standard InChI is InChI=1S/C15H19FN2O5/c1-8(2)5-9-6-10(16)13(17-7-9)14(21)18-11(15(22)23)3-4-12(19)20/h6-8,11H,3-5H2,1-2H3,(H,18,21)(H,19,20)(H,22,23)/t11-/m0/s1. The fourth-order valence-electron chi connectivity index (χ4n) is 1.98. The summed E-state index contributed by atoms with van der Waals surface area (Å²) in [4.78, 5) is 37.2. The van der Waals surface area contributed by atoms with Crippen LogP contribution in [0.4, 0.5) is 4.39 Å². The van der Waals surface area contributed by atoms with Gasteiger partial charge in [-0.05, 0) is 30.4 Å². The van der Waals surface area contributed by atoms with Gasteiger partial charge in [0.05, 0.1) is 0 Å². The maximum atomic E-state index is 14.0. The normalized spacial score (nSPS) is 12.0. The predicted octanol–water partition coefficient (Wildman–Crippen LogP) is 1.47. The number of nitrogens with one attached hydrogen (secondary N) is 1. The molecule has 1 rings (SSSR count). The van der Waals surface area contributed by atoms with Gasteiger partial charge in [0.15, 0.2) is 11.5 Å². The van der Waals surface area contributed by atoms with Gasteiger partial charge in [0.1, 0.15) is 6.04 Å². The molecule has 1 atom stereocenters. The van der Waals surface area contributed by atoms with Crippen LogP contribution in [-0.2, 0) is 16.0 Å². The van der Waals surface area contributed by atoms with E-state index in [1.807, 2.05) is 13.8 Å². The highest BCUT2D eigenvalue weighted by molar-refractivity contribution is 5.95. The molecule has 23 heavy (non-hydrogen) atoms. The molecule has 126 valence electrons. The van der Waals surface area contributed by atoms with E-state index in [1.54, 1.807) is 0 Å². The summed E-state index contributed by atoms with van der Waals surface area (Å²) in [5.41, 5.74) is 0.119. The van der Waals surface area contributed by atoms with Crippen LogP contribution in [0.5, 0.6) is 0 Å². The van der Waals surface area contributed by atoms with Crippen molar-refractivity contribution < 1.29 is 29.0 Å². The first-order chi connectivity index (χ1) is 10.7. The number of carbonyl (C=O) groups excluding carboxylic acids is 1. The van der Waals surface area contributed by atoms with Gasteiger partial charge >= 0.3 is 11.9 Å². The number of carbonyl (C=O) groups is 3. The molecule has 1 aromatic heterocycles. The Balaban J connectivity index is 2.83. The molecule has 0 spiro atoms. The molecular weight excluding hydrogens is 307 g/mol. The summed E-state index contributed by atoms with van der Waals surface area (Å²) in [6, 6.07) is -0.232. The summed E-state index contributed by atoms with van der Waals surface area (Å²) >= 11 is 0. The molecule has 0 saturated heterocycles. The second-order valence-corrected chi connectivity index (χ2v) is 5.57. The van der Waals surface area contributed by atoms with Crippen LogP contribution in [0.3, 0.4) is 0 Å². The SMILES string of the molecule is CC(C)Cc1cnc(C(=O)N[C@@H](CCC(=O)O)C(=O)O)c(F)c1. The minimum Gasteiger partial charge on any atom is -0.481 e. The van der Waals surface area contributed by atoms with Crippen molar-refractivity contribution in [3.8, 4) is 0 Å². The molecule has 0 aliphatic rings. The van der Waals surface area contributed by atoms with Crippen LogP contribution in [-0.4, -0.2) is 39.1 Å². The second kappa shape index (κ2) is 8.21. The molecule has 7 nitrogen and oxygen atoms in total. The third-order valence-corrected chi connectivity index (χ3v) is 3.01. The Morgan fingerprint density at radius 3 is 2.43 bits per heavy atom. The van der Waals surface area contributed by atoms with Gasteiger partial charge in [0.25, 0.3) is 5.91 Å². The van der Waals surface area contributed by atoms with Crippen LogP contribution in [0.1, 0.15) is 42.7 Å². The number of nitrogens with zero attached hydrogens (tertiary/aromatic N) is 1. The molecule has 0 aliphatic heterocycles. The van der Waals surface area contributed by atoms with Crippen LogP contribution in [0.2, 0.25) is 0 Å². The summed E-state index contributed by atoms with van der Waals surface area (Å²) in [5, 5.41) is 19.6. The summed E-state index contributed by atoms with van der Waals surface area (Å²) in [6.45, 7) is 3.91. The zero-order valence-electron chi connectivity index (χ0n) is 12.9. The number of carboxylic acid groups (broad SMARTS) is 2. The number of aromatic nitrogens is 1. The van der Waals surface area contributed by atoms with E-state index in [2.05, 4.69) is 10.3 Å². The van der Waals surface area contributed by atoms with Crippen molar-refractivity contribution in [3.63, 3.8) is 0 Å². The molecule has 8 heteroatoms. The van der Waals surface area contributed by atoms with E-state index in [0.717, 1.165) is 0 Å². The van der Waals surface area contributed by atoms with E-state index in [9.17, 15) is 18.8 Å². The van der Waals surface area contributed by atoms with Crippen molar-refractivity contribution in [2.45, 2.75) is 39.2 Å². The molecule has 0 aromatic carbocycles. The largest absolute Gasteiger partial charge is 0.481 e. The van der Waals surface area contributed by atoms with Gasteiger partial charge in [-0.1, -0.05) is 13.8 Å². The van der Waals surface area contributed by atoms with Crippen LogP contribution < -0.4 is 5.32 Å². The lowest BCUT2D eigenvalue weighted by Gasteiger charge is -2.14. The van der Waals surface area contributed by atoms with Gasteiger partial charge in [-0.2, -0.15) is 0 Å². The van der Waals surface area contributed by atoms with Crippen molar-refractivity contribution in [2.24, 2.45) is 5.92 Å². The Hall–Kier alpha value is -2.51. The van der Waals surface area contributed by atoms with Crippen molar-refractivity contribution in [1.29, 1.82) is 0 Å². The second-order valence-electron chi connectivity index (χ2n) is 5.57. The van der Waals surface area contributed by atoms with Crippen LogP contribution >= 0.6 is 0 Å². The van der Waals surface area contributed by atoms with Gasteiger partial charge in [-0.25, -0.2) is 14.2 Å². The van der Waals surface area contributed by atoms with E-state index in [0.29, 0.717) is 17.9 Å². The number of aliphatic carboxylic acids is 2. The number of amides is 1. The topological polar surface area (TPSA) is 117 Å². The molecule has 1 aromatic rings. The maximum absolute atomic E-state index is 14.0. The lowest BCUT2D eigenvalue weighted by Crippen LogP contribution is -2.41. The number of pyridine rings is 1. The zero-order valence-corrected chi connectivity index (χ0v) is 12.9. The van der Waals surface area contributed by atoms with Crippen molar-refractivity contribution in [2.75, 3.05) is 0 Å². The molecule has 0 unspecified atom stereocenters. The van der Waals surface area contributed by atoms with E-state index >= 15 is 0 Å². The third kappa shape index (κ3) is 6.01. The summed E-state index contributed by atoms with van der Waals surface area (Å²) < 4.78 is 14.0. The molecule has 1 amide bonds. The molecule has 0 bridgehead atoms. The first-order valence-electron chi connectivity index (χ1n) is 7.10. The van der Waals surface area contributed by atoms with Crippen LogP contribution in [0, 0.1) is 11.7 Å². The Morgan fingerprint density at radius 1 is 1.30 bits per heavy atom. The average Bonchev–Trinajstić information content (AvgIpc) is 2.41. The smallest absolute Gasteiger partial charge is 0.326 e. The lowest BCUT2D eigenvalue weighted by molar-refractivity contribution is -0.140. The number of hydrogen-bond donors (Lipinski definition) is 3. The number of halogens is 1. The van der Waals surface area contributed by atoms with Crippen molar-refractivity contribution >= 4 is 17.8 Å². The van der Waals surface area contributed by atoms with Gasteiger partial charge < -0.3 is 15.5 Å². The monoisotopic (exact) mass is 326 g/mol. The average molecular weight is 326 g/mol. The molecule has 0 aliphatic carbocycles.